The Kier molecular flexibility index (Phi) is 5.74. The van der Waals surface area contributed by atoms with E-state index < -0.39 is 12.1 Å². The number of rotatable bonds is 7. The number of carbonyl (C=O) groups excluding carboxylic acids is 1. The average Bonchev–Trinajstić information content (AvgIpc) is 2.58. The van der Waals surface area contributed by atoms with Crippen molar-refractivity contribution in [3.05, 3.63) is 67.3 Å². The van der Waals surface area contributed by atoms with E-state index in [9.17, 15) is 4.79 Å². The molecule has 114 valence electrons. The largest absolute Gasteiger partial charge is 0.490 e. The zero-order valence-corrected chi connectivity index (χ0v) is 12.4. The first-order valence-electron chi connectivity index (χ1n) is 6.97. The first-order valence-corrected chi connectivity index (χ1v) is 6.97. The molecule has 0 amide bonds. The second-order valence-electron chi connectivity index (χ2n) is 4.69. The Morgan fingerprint density at radius 3 is 2.55 bits per heavy atom. The van der Waals surface area contributed by atoms with Crippen molar-refractivity contribution in [2.24, 2.45) is 0 Å². The lowest BCUT2D eigenvalue weighted by atomic mass is 10.1. The first-order chi connectivity index (χ1) is 10.7. The lowest BCUT2D eigenvalue weighted by molar-refractivity contribution is -0.293. The van der Waals surface area contributed by atoms with Crippen LogP contribution >= 0.6 is 0 Å². The molecule has 0 spiro atoms. The van der Waals surface area contributed by atoms with Crippen LogP contribution in [-0.4, -0.2) is 18.7 Å². The van der Waals surface area contributed by atoms with Crippen LogP contribution < -0.4 is 4.74 Å². The molecule has 0 aliphatic carbocycles. The molecule has 4 nitrogen and oxygen atoms in total. The van der Waals surface area contributed by atoms with Gasteiger partial charge in [0.15, 0.2) is 0 Å². The fourth-order valence-electron chi connectivity index (χ4n) is 1.85. The van der Waals surface area contributed by atoms with Crippen molar-refractivity contribution in [1.82, 2.24) is 0 Å². The average molecular weight is 298 g/mol. The van der Waals surface area contributed by atoms with Crippen molar-refractivity contribution >= 4 is 5.97 Å². The number of carbonyl (C=O) groups is 1. The number of benzene rings is 2. The molecular weight excluding hydrogens is 280 g/mol. The monoisotopic (exact) mass is 298 g/mol. The summed E-state index contributed by atoms with van der Waals surface area (Å²) in [6.45, 7) is 5.30. The van der Waals surface area contributed by atoms with E-state index in [1.807, 2.05) is 54.6 Å². The van der Waals surface area contributed by atoms with Gasteiger partial charge in [-0.3, -0.25) is 4.89 Å². The minimum atomic E-state index is -0.628. The molecule has 0 aliphatic heterocycles. The SMILES string of the molecule is C=CC(=O)OOC(C)COc1ccccc1-c1ccccc1. The third-order valence-electron chi connectivity index (χ3n) is 2.91. The molecule has 0 N–H and O–H groups in total. The third-order valence-corrected chi connectivity index (χ3v) is 2.91. The topological polar surface area (TPSA) is 44.8 Å². The Bertz CT molecular complexity index is 622. The van der Waals surface area contributed by atoms with Crippen LogP contribution in [-0.2, 0) is 14.6 Å². The minimum Gasteiger partial charge on any atom is -0.490 e. The van der Waals surface area contributed by atoms with E-state index in [0.29, 0.717) is 0 Å². The number of hydrogen-bond acceptors (Lipinski definition) is 4. The van der Waals surface area contributed by atoms with Crippen LogP contribution in [0, 0.1) is 0 Å². The maximum atomic E-state index is 10.9. The van der Waals surface area contributed by atoms with Gasteiger partial charge in [0.2, 0.25) is 0 Å². The Balaban J connectivity index is 1.99. The van der Waals surface area contributed by atoms with E-state index >= 15 is 0 Å². The van der Waals surface area contributed by atoms with Crippen molar-refractivity contribution in [3.8, 4) is 16.9 Å². The molecule has 1 atom stereocenters. The highest BCUT2D eigenvalue weighted by Gasteiger charge is 2.10. The Hall–Kier alpha value is -2.59. The van der Waals surface area contributed by atoms with Gasteiger partial charge in [0, 0.05) is 11.6 Å². The molecule has 22 heavy (non-hydrogen) atoms. The van der Waals surface area contributed by atoms with Crippen molar-refractivity contribution in [3.63, 3.8) is 0 Å². The molecule has 2 rings (SSSR count). The summed E-state index contributed by atoms with van der Waals surface area (Å²) in [7, 11) is 0. The van der Waals surface area contributed by atoms with Gasteiger partial charge in [0.05, 0.1) is 0 Å². The molecule has 0 aromatic heterocycles. The molecule has 1 unspecified atom stereocenters. The summed E-state index contributed by atoms with van der Waals surface area (Å²) in [6, 6.07) is 17.7. The lowest BCUT2D eigenvalue weighted by Gasteiger charge is -2.15. The van der Waals surface area contributed by atoms with Crippen LogP contribution in [0.5, 0.6) is 5.75 Å². The molecule has 0 fully saturated rings. The number of ether oxygens (including phenoxy) is 1. The molecular formula is C18H18O4. The van der Waals surface area contributed by atoms with E-state index in [2.05, 4.69) is 11.5 Å². The van der Waals surface area contributed by atoms with Crippen LogP contribution in [0.25, 0.3) is 11.1 Å². The second kappa shape index (κ2) is 8.00. The van der Waals surface area contributed by atoms with Gasteiger partial charge in [-0.05, 0) is 18.6 Å². The standard InChI is InChI=1S/C18H18O4/c1-3-18(19)22-21-14(2)13-20-17-12-8-7-11-16(17)15-9-5-4-6-10-15/h3-12,14H,1,13H2,2H3. The van der Waals surface area contributed by atoms with Gasteiger partial charge in [-0.15, -0.1) is 0 Å². The summed E-state index contributed by atoms with van der Waals surface area (Å²) in [4.78, 5) is 20.4. The van der Waals surface area contributed by atoms with Crippen LogP contribution in [0.4, 0.5) is 0 Å². The Labute approximate surface area is 129 Å². The maximum absolute atomic E-state index is 10.9. The minimum absolute atomic E-state index is 0.258. The van der Waals surface area contributed by atoms with E-state index in [0.717, 1.165) is 23.0 Å². The fraction of sp³-hybridized carbons (Fsp3) is 0.167. The van der Waals surface area contributed by atoms with Gasteiger partial charge in [-0.1, -0.05) is 55.1 Å². The molecule has 0 saturated heterocycles. The first kappa shape index (κ1) is 15.8. The predicted molar refractivity (Wildman–Crippen MR) is 84.2 cm³/mol. The molecule has 0 heterocycles. The zero-order chi connectivity index (χ0) is 15.8. The van der Waals surface area contributed by atoms with E-state index in [1.165, 1.54) is 0 Å². The van der Waals surface area contributed by atoms with Crippen LogP contribution in [0.15, 0.2) is 67.3 Å². The quantitative estimate of drug-likeness (QED) is 0.443. The van der Waals surface area contributed by atoms with Gasteiger partial charge < -0.3 is 4.74 Å². The highest BCUT2D eigenvalue weighted by atomic mass is 17.2. The smallest absolute Gasteiger partial charge is 0.365 e. The molecule has 0 saturated carbocycles. The molecule has 0 bridgehead atoms. The summed E-state index contributed by atoms with van der Waals surface area (Å²) in [6.07, 6.45) is 0.644. The van der Waals surface area contributed by atoms with Crippen molar-refractivity contribution < 1.29 is 19.3 Å². The normalized spacial score (nSPS) is 11.5. The molecule has 2 aromatic carbocycles. The molecule has 0 aliphatic rings. The summed E-state index contributed by atoms with van der Waals surface area (Å²) in [5.74, 6) is 0.121. The van der Waals surface area contributed by atoms with Gasteiger partial charge in [-0.25, -0.2) is 4.79 Å². The van der Waals surface area contributed by atoms with Gasteiger partial charge in [-0.2, -0.15) is 4.89 Å². The van der Waals surface area contributed by atoms with Crippen molar-refractivity contribution in [2.45, 2.75) is 13.0 Å². The van der Waals surface area contributed by atoms with Crippen molar-refractivity contribution in [2.75, 3.05) is 6.61 Å². The van der Waals surface area contributed by atoms with Crippen LogP contribution in [0.2, 0.25) is 0 Å². The maximum Gasteiger partial charge on any atom is 0.365 e. The Morgan fingerprint density at radius 1 is 1.14 bits per heavy atom. The van der Waals surface area contributed by atoms with Gasteiger partial charge in [0.25, 0.3) is 0 Å². The summed E-state index contributed by atoms with van der Waals surface area (Å²) in [5, 5.41) is 0. The van der Waals surface area contributed by atoms with Crippen LogP contribution in [0.3, 0.4) is 0 Å². The van der Waals surface area contributed by atoms with Crippen molar-refractivity contribution in [1.29, 1.82) is 0 Å². The van der Waals surface area contributed by atoms with E-state index in [1.54, 1.807) is 6.92 Å². The second-order valence-corrected chi connectivity index (χ2v) is 4.69. The number of para-hydroxylation sites is 1. The van der Waals surface area contributed by atoms with E-state index in [4.69, 9.17) is 9.62 Å². The molecule has 2 aromatic rings. The van der Waals surface area contributed by atoms with Crippen LogP contribution in [0.1, 0.15) is 6.92 Å². The predicted octanol–water partition coefficient (Wildman–Crippen LogP) is 3.78. The summed E-state index contributed by atoms with van der Waals surface area (Å²) >= 11 is 0. The fourth-order valence-corrected chi connectivity index (χ4v) is 1.85. The molecule has 0 radical (unpaired) electrons. The van der Waals surface area contributed by atoms with Gasteiger partial charge in [0.1, 0.15) is 18.5 Å². The van der Waals surface area contributed by atoms with Gasteiger partial charge >= 0.3 is 5.97 Å². The highest BCUT2D eigenvalue weighted by Crippen LogP contribution is 2.29. The summed E-state index contributed by atoms with van der Waals surface area (Å²) in [5.41, 5.74) is 2.07. The number of hydrogen-bond donors (Lipinski definition) is 0. The third kappa shape index (κ3) is 4.46. The highest BCUT2D eigenvalue weighted by molar-refractivity contribution is 5.80. The molecule has 4 heteroatoms. The lowest BCUT2D eigenvalue weighted by Crippen LogP contribution is -2.20. The zero-order valence-electron chi connectivity index (χ0n) is 12.4. The summed E-state index contributed by atoms with van der Waals surface area (Å²) < 4.78 is 5.78. The Morgan fingerprint density at radius 2 is 1.82 bits per heavy atom. The van der Waals surface area contributed by atoms with E-state index in [-0.39, 0.29) is 6.61 Å².